The summed E-state index contributed by atoms with van der Waals surface area (Å²) < 4.78 is 0. The van der Waals surface area contributed by atoms with Gasteiger partial charge >= 0.3 is 0 Å². The average molecular weight is 349 g/mol. The second kappa shape index (κ2) is 8.25. The molecule has 4 heteroatoms. The number of aliphatic hydroxyl groups excluding tert-OH is 1. The molecule has 2 aromatic rings. The maximum atomic E-state index is 9.69. The summed E-state index contributed by atoms with van der Waals surface area (Å²) in [6, 6.07) is 19.1. The number of nitrogens with one attached hydrogen (secondary N) is 1. The van der Waals surface area contributed by atoms with Crippen LogP contribution in [0, 0.1) is 11.3 Å². The van der Waals surface area contributed by atoms with Crippen molar-refractivity contribution in [3.8, 4) is 6.07 Å². The Balaban J connectivity index is 1.72. The van der Waals surface area contributed by atoms with Crippen molar-refractivity contribution in [2.24, 2.45) is 0 Å². The topological polar surface area (TPSA) is 59.3 Å². The van der Waals surface area contributed by atoms with Crippen molar-refractivity contribution in [2.75, 3.05) is 23.3 Å². The third-order valence-corrected chi connectivity index (χ3v) is 5.39. The Kier molecular flexibility index (Phi) is 5.80. The van der Waals surface area contributed by atoms with E-state index in [2.05, 4.69) is 60.5 Å². The largest absolute Gasteiger partial charge is 0.393 e. The highest BCUT2D eigenvalue weighted by Gasteiger charge is 2.20. The Morgan fingerprint density at radius 1 is 1.12 bits per heavy atom. The molecule has 0 aromatic heterocycles. The lowest BCUT2D eigenvalue weighted by atomic mass is 9.94. The second-order valence-corrected chi connectivity index (χ2v) is 7.19. The Morgan fingerprint density at radius 3 is 2.46 bits per heavy atom. The fourth-order valence-electron chi connectivity index (χ4n) is 3.53. The van der Waals surface area contributed by atoms with Gasteiger partial charge in [0.25, 0.3) is 0 Å². The molecular formula is C22H27N3O. The van der Waals surface area contributed by atoms with Crippen LogP contribution in [0.1, 0.15) is 43.7 Å². The minimum atomic E-state index is -0.210. The number of nitriles is 1. The Hall–Kier alpha value is -2.51. The molecule has 1 aliphatic rings. The minimum absolute atomic E-state index is 0.210. The van der Waals surface area contributed by atoms with Crippen molar-refractivity contribution < 1.29 is 5.11 Å². The van der Waals surface area contributed by atoms with Crippen LogP contribution in [0.4, 0.5) is 11.4 Å². The van der Waals surface area contributed by atoms with Crippen molar-refractivity contribution in [1.82, 2.24) is 0 Å². The lowest BCUT2D eigenvalue weighted by Crippen LogP contribution is -2.36. The highest BCUT2D eigenvalue weighted by Crippen LogP contribution is 2.28. The van der Waals surface area contributed by atoms with E-state index in [1.54, 1.807) is 0 Å². The van der Waals surface area contributed by atoms with Crippen molar-refractivity contribution >= 4 is 11.4 Å². The predicted molar refractivity (Wildman–Crippen MR) is 107 cm³/mol. The van der Waals surface area contributed by atoms with Gasteiger partial charge in [-0.1, -0.05) is 37.3 Å². The summed E-state index contributed by atoms with van der Waals surface area (Å²) in [5.41, 5.74) is 3.92. The highest BCUT2D eigenvalue weighted by molar-refractivity contribution is 5.66. The number of piperidine rings is 1. The summed E-state index contributed by atoms with van der Waals surface area (Å²) in [5.74, 6) is 0.366. The molecule has 2 N–H and O–H groups in total. The van der Waals surface area contributed by atoms with Crippen LogP contribution in [0.25, 0.3) is 0 Å². The van der Waals surface area contributed by atoms with Gasteiger partial charge in [-0.15, -0.1) is 0 Å². The van der Waals surface area contributed by atoms with E-state index in [4.69, 9.17) is 0 Å². The van der Waals surface area contributed by atoms with E-state index in [1.807, 2.05) is 18.2 Å². The normalized spacial score (nSPS) is 17.4. The van der Waals surface area contributed by atoms with Crippen LogP contribution >= 0.6 is 0 Å². The average Bonchev–Trinajstić information content (AvgIpc) is 2.68. The molecule has 0 amide bonds. The van der Waals surface area contributed by atoms with E-state index in [0.717, 1.165) is 37.3 Å². The van der Waals surface area contributed by atoms with Crippen LogP contribution in [0.15, 0.2) is 48.5 Å². The number of nitrogens with zero attached hydrogens (tertiary/aromatic N) is 2. The third kappa shape index (κ3) is 4.17. The first-order valence-electron chi connectivity index (χ1n) is 9.37. The fourth-order valence-corrected chi connectivity index (χ4v) is 3.53. The van der Waals surface area contributed by atoms with Crippen LogP contribution in [-0.2, 0) is 0 Å². The molecule has 0 aliphatic carbocycles. The van der Waals surface area contributed by atoms with Crippen LogP contribution in [-0.4, -0.2) is 30.3 Å². The molecule has 0 saturated carbocycles. The van der Waals surface area contributed by atoms with Gasteiger partial charge in [-0.05, 0) is 43.5 Å². The summed E-state index contributed by atoms with van der Waals surface area (Å²) in [6.45, 7) is 5.98. The van der Waals surface area contributed by atoms with Crippen LogP contribution < -0.4 is 10.2 Å². The Bertz CT molecular complexity index is 761. The SMILES string of the molecule is CC(Nc1ccc(N2CCC(O)CC2)c(C#N)c1)C(C)c1ccccc1. The van der Waals surface area contributed by atoms with E-state index in [1.165, 1.54) is 5.56 Å². The van der Waals surface area contributed by atoms with Gasteiger partial charge in [0.1, 0.15) is 6.07 Å². The molecule has 4 nitrogen and oxygen atoms in total. The molecule has 0 spiro atoms. The predicted octanol–water partition coefficient (Wildman–Crippen LogP) is 4.12. The van der Waals surface area contributed by atoms with Gasteiger partial charge in [-0.2, -0.15) is 5.26 Å². The van der Waals surface area contributed by atoms with Gasteiger partial charge in [0.15, 0.2) is 0 Å². The maximum Gasteiger partial charge on any atom is 0.101 e. The zero-order chi connectivity index (χ0) is 18.5. The van der Waals surface area contributed by atoms with Crippen molar-refractivity contribution in [1.29, 1.82) is 5.26 Å². The van der Waals surface area contributed by atoms with Gasteiger partial charge in [0.05, 0.1) is 17.4 Å². The van der Waals surface area contributed by atoms with E-state index >= 15 is 0 Å². The number of anilines is 2. The maximum absolute atomic E-state index is 9.69. The molecule has 3 rings (SSSR count). The summed E-state index contributed by atoms with van der Waals surface area (Å²) in [4.78, 5) is 2.20. The molecule has 136 valence electrons. The smallest absolute Gasteiger partial charge is 0.101 e. The van der Waals surface area contributed by atoms with Gasteiger partial charge in [-0.3, -0.25) is 0 Å². The van der Waals surface area contributed by atoms with Crippen molar-refractivity contribution in [2.45, 2.75) is 44.8 Å². The van der Waals surface area contributed by atoms with Crippen LogP contribution in [0.3, 0.4) is 0 Å². The zero-order valence-corrected chi connectivity index (χ0v) is 15.5. The zero-order valence-electron chi connectivity index (χ0n) is 15.5. The van der Waals surface area contributed by atoms with Crippen molar-refractivity contribution in [3.63, 3.8) is 0 Å². The number of benzene rings is 2. The molecular weight excluding hydrogens is 322 g/mol. The van der Waals surface area contributed by atoms with Crippen molar-refractivity contribution in [3.05, 3.63) is 59.7 Å². The first-order chi connectivity index (χ1) is 12.6. The van der Waals surface area contributed by atoms with Gasteiger partial charge in [0, 0.05) is 30.7 Å². The number of aliphatic hydroxyl groups is 1. The first-order valence-corrected chi connectivity index (χ1v) is 9.37. The molecule has 2 atom stereocenters. The molecule has 26 heavy (non-hydrogen) atoms. The van der Waals surface area contributed by atoms with Gasteiger partial charge in [0.2, 0.25) is 0 Å². The molecule has 1 aliphatic heterocycles. The van der Waals surface area contributed by atoms with E-state index < -0.39 is 0 Å². The minimum Gasteiger partial charge on any atom is -0.393 e. The van der Waals surface area contributed by atoms with Crippen LogP contribution in [0.5, 0.6) is 0 Å². The number of hydrogen-bond donors (Lipinski definition) is 2. The number of hydrogen-bond acceptors (Lipinski definition) is 4. The highest BCUT2D eigenvalue weighted by atomic mass is 16.3. The Morgan fingerprint density at radius 2 is 1.81 bits per heavy atom. The summed E-state index contributed by atoms with van der Waals surface area (Å²) in [7, 11) is 0. The van der Waals surface area contributed by atoms with E-state index in [-0.39, 0.29) is 12.1 Å². The third-order valence-electron chi connectivity index (χ3n) is 5.39. The molecule has 1 fully saturated rings. The standard InChI is InChI=1S/C22H27N3O/c1-16(18-6-4-3-5-7-18)17(2)24-20-8-9-22(19(14-20)15-23)25-12-10-21(26)11-13-25/h3-9,14,16-17,21,24,26H,10-13H2,1-2H3. The molecule has 1 heterocycles. The van der Waals surface area contributed by atoms with Gasteiger partial charge in [-0.25, -0.2) is 0 Å². The second-order valence-electron chi connectivity index (χ2n) is 7.19. The first kappa shape index (κ1) is 18.3. The van der Waals surface area contributed by atoms with E-state index in [9.17, 15) is 10.4 Å². The molecule has 1 saturated heterocycles. The summed E-state index contributed by atoms with van der Waals surface area (Å²) >= 11 is 0. The lowest BCUT2D eigenvalue weighted by Gasteiger charge is -2.32. The summed E-state index contributed by atoms with van der Waals surface area (Å²) in [5, 5.41) is 22.8. The molecule has 2 aromatic carbocycles. The lowest BCUT2D eigenvalue weighted by molar-refractivity contribution is 0.145. The number of rotatable bonds is 5. The monoisotopic (exact) mass is 349 g/mol. The van der Waals surface area contributed by atoms with Crippen LogP contribution in [0.2, 0.25) is 0 Å². The fraction of sp³-hybridized carbons (Fsp3) is 0.409. The molecule has 0 bridgehead atoms. The molecule has 2 unspecified atom stereocenters. The van der Waals surface area contributed by atoms with E-state index in [0.29, 0.717) is 11.5 Å². The Labute approximate surface area is 156 Å². The summed E-state index contributed by atoms with van der Waals surface area (Å²) in [6.07, 6.45) is 1.31. The quantitative estimate of drug-likeness (QED) is 0.852. The molecule has 0 radical (unpaired) electrons. The van der Waals surface area contributed by atoms with Gasteiger partial charge < -0.3 is 15.3 Å².